The van der Waals surface area contributed by atoms with Crippen LogP contribution in [0.2, 0.25) is 0 Å². The van der Waals surface area contributed by atoms with E-state index in [9.17, 15) is 14.4 Å². The van der Waals surface area contributed by atoms with Crippen molar-refractivity contribution in [3.63, 3.8) is 0 Å². The number of methoxy groups -OCH3 is 1. The van der Waals surface area contributed by atoms with Crippen molar-refractivity contribution in [2.45, 2.75) is 6.10 Å². The van der Waals surface area contributed by atoms with Crippen LogP contribution in [0.1, 0.15) is 16.1 Å². The van der Waals surface area contributed by atoms with Crippen LogP contribution in [-0.2, 0) is 14.3 Å². The number of nitrogens with two attached hydrogens (primary N) is 1. The van der Waals surface area contributed by atoms with E-state index in [4.69, 9.17) is 19.6 Å². The highest BCUT2D eigenvalue weighted by atomic mass is 16.6. The highest BCUT2D eigenvalue weighted by molar-refractivity contribution is 6.08. The molecule has 2 saturated heterocycles. The van der Waals surface area contributed by atoms with Gasteiger partial charge < -0.3 is 19.6 Å². The van der Waals surface area contributed by atoms with Gasteiger partial charge in [0.1, 0.15) is 11.9 Å². The molecule has 1 unspecified atom stereocenters. The summed E-state index contributed by atoms with van der Waals surface area (Å²) < 4.78 is 15.3. The van der Waals surface area contributed by atoms with Crippen molar-refractivity contribution in [2.75, 3.05) is 57.8 Å². The first kappa shape index (κ1) is 23.5. The molecule has 1 atom stereocenters. The molecular weight excluding hydrogens is 442 g/mol. The van der Waals surface area contributed by atoms with Crippen molar-refractivity contribution in [1.82, 2.24) is 9.80 Å². The number of aliphatic imine (C=N–C) groups is 1. The Labute approximate surface area is 196 Å². The Balaban J connectivity index is 1.30. The van der Waals surface area contributed by atoms with Gasteiger partial charge in [-0.25, -0.2) is 4.79 Å². The monoisotopic (exact) mass is 469 g/mol. The molecule has 2 fully saturated rings. The number of cyclic esters (lactones) is 1. The number of carbonyl (C=O) groups excluding carboxylic acids is 3. The molecule has 0 radical (unpaired) electrons. The Morgan fingerprint density at radius 1 is 1.12 bits per heavy atom. The molecule has 0 saturated carbocycles. The summed E-state index contributed by atoms with van der Waals surface area (Å²) in [5.74, 6) is -0.642. The zero-order valence-electron chi connectivity index (χ0n) is 18.9. The number of anilines is 1. The van der Waals surface area contributed by atoms with E-state index in [1.807, 2.05) is 4.90 Å². The lowest BCUT2D eigenvalue weighted by Gasteiger charge is -2.34. The first-order chi connectivity index (χ1) is 16.4. The summed E-state index contributed by atoms with van der Waals surface area (Å²) in [5.41, 5.74) is 7.17. The Kier molecular flexibility index (Phi) is 7.24. The standard InChI is InChI=1S/C23H27N5O6/c1-32-20(29)15-27-10-8-26(9-11-27)13-18-14-28(23(31)34-18)17-6-4-16(5-7-17)21(24)25-22(30)19-3-2-12-33-19/h2-7,12,18H,8-11,13-15H2,1H3,(H2,24,25,30). The van der Waals surface area contributed by atoms with Gasteiger partial charge in [-0.2, -0.15) is 4.99 Å². The molecule has 0 bridgehead atoms. The second-order valence-corrected chi connectivity index (χ2v) is 8.10. The van der Waals surface area contributed by atoms with Crippen LogP contribution in [0.3, 0.4) is 0 Å². The van der Waals surface area contributed by atoms with Gasteiger partial charge in [0.25, 0.3) is 0 Å². The summed E-state index contributed by atoms with van der Waals surface area (Å²) in [5, 5.41) is 0. The predicted octanol–water partition coefficient (Wildman–Crippen LogP) is 0.941. The fourth-order valence-electron chi connectivity index (χ4n) is 3.93. The number of benzene rings is 1. The minimum atomic E-state index is -0.566. The minimum absolute atomic E-state index is 0.0566. The third kappa shape index (κ3) is 5.61. The molecule has 180 valence electrons. The predicted molar refractivity (Wildman–Crippen MR) is 123 cm³/mol. The van der Waals surface area contributed by atoms with Crippen molar-refractivity contribution < 1.29 is 28.3 Å². The molecule has 0 spiro atoms. The van der Waals surface area contributed by atoms with Gasteiger partial charge in [-0.1, -0.05) is 0 Å². The molecule has 1 aromatic carbocycles. The van der Waals surface area contributed by atoms with Crippen molar-refractivity contribution in [3.05, 3.63) is 54.0 Å². The highest BCUT2D eigenvalue weighted by Gasteiger charge is 2.34. The maximum absolute atomic E-state index is 12.5. The number of amidine groups is 1. The molecule has 2 amide bonds. The SMILES string of the molecule is COC(=O)CN1CCN(CC2CN(c3ccc(C(N)=NC(=O)c4ccco4)cc3)C(=O)O2)CC1. The van der Waals surface area contributed by atoms with Crippen molar-refractivity contribution in [1.29, 1.82) is 0 Å². The smallest absolute Gasteiger partial charge is 0.414 e. The van der Waals surface area contributed by atoms with Crippen molar-refractivity contribution in [3.8, 4) is 0 Å². The fourth-order valence-corrected chi connectivity index (χ4v) is 3.93. The van der Waals surface area contributed by atoms with E-state index in [2.05, 4.69) is 9.89 Å². The number of nitrogens with zero attached hydrogens (tertiary/aromatic N) is 4. The lowest BCUT2D eigenvalue weighted by atomic mass is 10.1. The number of hydrogen-bond donors (Lipinski definition) is 1. The molecule has 2 N–H and O–H groups in total. The van der Waals surface area contributed by atoms with Crippen LogP contribution >= 0.6 is 0 Å². The second kappa shape index (κ2) is 10.5. The van der Waals surface area contributed by atoms with Gasteiger partial charge in [0.15, 0.2) is 5.76 Å². The lowest BCUT2D eigenvalue weighted by Crippen LogP contribution is -2.50. The molecule has 11 nitrogen and oxygen atoms in total. The highest BCUT2D eigenvalue weighted by Crippen LogP contribution is 2.23. The Morgan fingerprint density at radius 2 is 1.82 bits per heavy atom. The summed E-state index contributed by atoms with van der Waals surface area (Å²) in [6.45, 7) is 4.43. The number of hydrogen-bond acceptors (Lipinski definition) is 8. The molecule has 2 aliphatic heterocycles. The third-order valence-electron chi connectivity index (χ3n) is 5.81. The average molecular weight is 469 g/mol. The summed E-state index contributed by atoms with van der Waals surface area (Å²) in [6, 6.07) is 9.99. The summed E-state index contributed by atoms with van der Waals surface area (Å²) in [6.07, 6.45) is 0.731. The Hall–Kier alpha value is -3.70. The molecule has 1 aromatic heterocycles. The van der Waals surface area contributed by atoms with Crippen molar-refractivity contribution >= 4 is 29.5 Å². The van der Waals surface area contributed by atoms with Crippen LogP contribution in [0, 0.1) is 0 Å². The van der Waals surface area contributed by atoms with Gasteiger partial charge in [-0.15, -0.1) is 0 Å². The molecule has 4 rings (SSSR count). The topological polar surface area (TPSA) is 131 Å². The molecular formula is C23H27N5O6. The van der Waals surface area contributed by atoms with Crippen LogP contribution < -0.4 is 10.6 Å². The van der Waals surface area contributed by atoms with E-state index in [0.717, 1.165) is 26.2 Å². The molecule has 2 aliphatic rings. The second-order valence-electron chi connectivity index (χ2n) is 8.10. The van der Waals surface area contributed by atoms with Gasteiger partial charge in [0.2, 0.25) is 0 Å². The van der Waals surface area contributed by atoms with E-state index in [-0.39, 0.29) is 23.7 Å². The van der Waals surface area contributed by atoms with Crippen LogP contribution in [0.4, 0.5) is 10.5 Å². The summed E-state index contributed by atoms with van der Waals surface area (Å²) in [7, 11) is 1.39. The van der Waals surface area contributed by atoms with Gasteiger partial charge in [-0.05, 0) is 36.4 Å². The number of furan rings is 1. The lowest BCUT2D eigenvalue weighted by molar-refractivity contribution is -0.142. The molecule has 3 heterocycles. The fraction of sp³-hybridized carbons (Fsp3) is 0.391. The van der Waals surface area contributed by atoms with Crippen molar-refractivity contribution in [2.24, 2.45) is 10.7 Å². The molecule has 2 aromatic rings. The van der Waals surface area contributed by atoms with Gasteiger partial charge >= 0.3 is 18.0 Å². The Bertz CT molecular complexity index is 1040. The van der Waals surface area contributed by atoms with E-state index in [0.29, 0.717) is 30.9 Å². The zero-order chi connectivity index (χ0) is 24.1. The number of ether oxygens (including phenoxy) is 2. The number of rotatable bonds is 7. The number of esters is 1. The quantitative estimate of drug-likeness (QED) is 0.358. The average Bonchev–Trinajstić information content (AvgIpc) is 3.50. The number of amides is 2. The van der Waals surface area contributed by atoms with E-state index < -0.39 is 12.0 Å². The first-order valence-electron chi connectivity index (χ1n) is 10.9. The summed E-state index contributed by atoms with van der Waals surface area (Å²) >= 11 is 0. The summed E-state index contributed by atoms with van der Waals surface area (Å²) in [4.78, 5) is 45.6. The molecule has 11 heteroatoms. The van der Waals surface area contributed by atoms with Crippen LogP contribution in [-0.4, -0.2) is 92.6 Å². The maximum atomic E-state index is 12.5. The minimum Gasteiger partial charge on any atom is -0.468 e. The van der Waals surface area contributed by atoms with Crippen LogP contribution in [0.15, 0.2) is 52.1 Å². The molecule has 34 heavy (non-hydrogen) atoms. The van der Waals surface area contributed by atoms with Crippen LogP contribution in [0.5, 0.6) is 0 Å². The van der Waals surface area contributed by atoms with Gasteiger partial charge in [0, 0.05) is 44.0 Å². The number of carbonyl (C=O) groups is 3. The number of piperazine rings is 1. The van der Waals surface area contributed by atoms with Gasteiger partial charge in [-0.3, -0.25) is 24.3 Å². The van der Waals surface area contributed by atoms with E-state index in [1.54, 1.807) is 35.2 Å². The largest absolute Gasteiger partial charge is 0.468 e. The Morgan fingerprint density at radius 3 is 2.47 bits per heavy atom. The van der Waals surface area contributed by atoms with E-state index >= 15 is 0 Å². The third-order valence-corrected chi connectivity index (χ3v) is 5.81. The van der Waals surface area contributed by atoms with E-state index in [1.165, 1.54) is 19.4 Å². The first-order valence-corrected chi connectivity index (χ1v) is 10.9. The normalized spacial score (nSPS) is 19.8. The van der Waals surface area contributed by atoms with Crippen LogP contribution in [0.25, 0.3) is 0 Å². The van der Waals surface area contributed by atoms with Gasteiger partial charge in [0.05, 0.1) is 26.5 Å². The molecule has 0 aliphatic carbocycles. The zero-order valence-corrected chi connectivity index (χ0v) is 18.9. The maximum Gasteiger partial charge on any atom is 0.414 e.